The van der Waals surface area contributed by atoms with Gasteiger partial charge >= 0.3 is 5.97 Å². The van der Waals surface area contributed by atoms with E-state index in [1.165, 1.54) is 24.2 Å². The zero-order valence-corrected chi connectivity index (χ0v) is 9.97. The van der Waals surface area contributed by atoms with E-state index in [0.717, 1.165) is 5.56 Å². The maximum Gasteiger partial charge on any atom is 0.341 e. The summed E-state index contributed by atoms with van der Waals surface area (Å²) < 4.78 is 6.04. The maximum atomic E-state index is 11.3. The number of aryl methyl sites for hydroxylation is 1. The number of nitrogens with zero attached hydrogens (tertiary/aromatic N) is 4. The van der Waals surface area contributed by atoms with Crippen LogP contribution < -0.4 is 0 Å². The first-order valence-corrected chi connectivity index (χ1v) is 5.12. The smallest absolute Gasteiger partial charge is 0.341 e. The normalized spacial score (nSPS) is 10.3. The number of esters is 1. The predicted molar refractivity (Wildman–Crippen MR) is 60.2 cm³/mol. The molecule has 7 heteroatoms. The number of methoxy groups -OCH3 is 1. The molecule has 0 aliphatic carbocycles. The van der Waals surface area contributed by atoms with Crippen LogP contribution in [0.4, 0.5) is 0 Å². The summed E-state index contributed by atoms with van der Waals surface area (Å²) in [6, 6.07) is 0. The van der Waals surface area contributed by atoms with E-state index < -0.39 is 5.97 Å². The first-order valence-electron chi connectivity index (χ1n) is 4.74. The van der Waals surface area contributed by atoms with Gasteiger partial charge in [-0.3, -0.25) is 0 Å². The number of ether oxygens (including phenoxy) is 1. The Labute approximate surface area is 102 Å². The van der Waals surface area contributed by atoms with Crippen LogP contribution in [0.1, 0.15) is 15.9 Å². The minimum atomic E-state index is -0.450. The molecule has 17 heavy (non-hydrogen) atoms. The van der Waals surface area contributed by atoms with Crippen molar-refractivity contribution in [2.75, 3.05) is 7.11 Å². The van der Waals surface area contributed by atoms with Gasteiger partial charge in [0.25, 0.3) is 0 Å². The van der Waals surface area contributed by atoms with Gasteiger partial charge in [0.1, 0.15) is 0 Å². The van der Waals surface area contributed by atoms with Gasteiger partial charge in [-0.1, -0.05) is 0 Å². The Bertz CT molecular complexity index is 567. The van der Waals surface area contributed by atoms with Crippen LogP contribution in [-0.4, -0.2) is 32.8 Å². The van der Waals surface area contributed by atoms with Gasteiger partial charge in [-0.15, -0.1) is 0 Å². The molecular formula is C10H9ClN4O2. The highest BCUT2D eigenvalue weighted by Crippen LogP contribution is 2.12. The number of halogens is 1. The lowest BCUT2D eigenvalue weighted by atomic mass is 10.3. The summed E-state index contributed by atoms with van der Waals surface area (Å²) in [4.78, 5) is 19.2. The van der Waals surface area contributed by atoms with E-state index in [0.29, 0.717) is 11.4 Å². The Balaban J connectivity index is 2.43. The Hall–Kier alpha value is -1.95. The molecule has 2 aromatic rings. The summed E-state index contributed by atoms with van der Waals surface area (Å²) in [5.74, 6) is 0.0780. The van der Waals surface area contributed by atoms with E-state index in [-0.39, 0.29) is 5.28 Å². The van der Waals surface area contributed by atoms with Crippen molar-refractivity contribution in [1.29, 1.82) is 0 Å². The Morgan fingerprint density at radius 3 is 2.94 bits per heavy atom. The van der Waals surface area contributed by atoms with E-state index in [1.54, 1.807) is 6.20 Å². The van der Waals surface area contributed by atoms with Crippen LogP contribution in [0.3, 0.4) is 0 Å². The standard InChI is InChI=1S/C10H9ClN4O2/c1-6-3-12-10(11)14-8(6)15-5-7(4-13-15)9(16)17-2/h3-5H,1-2H3. The lowest BCUT2D eigenvalue weighted by Gasteiger charge is -2.03. The molecule has 0 radical (unpaired) electrons. The average molecular weight is 253 g/mol. The third-order valence-corrected chi connectivity index (χ3v) is 2.32. The molecule has 0 aromatic carbocycles. The summed E-state index contributed by atoms with van der Waals surface area (Å²) in [7, 11) is 1.31. The van der Waals surface area contributed by atoms with Crippen LogP contribution in [0.5, 0.6) is 0 Å². The number of carbonyl (C=O) groups is 1. The molecule has 0 bridgehead atoms. The summed E-state index contributed by atoms with van der Waals surface area (Å²) in [5, 5.41) is 4.15. The van der Waals surface area contributed by atoms with Crippen molar-refractivity contribution >= 4 is 17.6 Å². The number of hydrogen-bond acceptors (Lipinski definition) is 5. The zero-order valence-electron chi connectivity index (χ0n) is 9.22. The Kier molecular flexibility index (Phi) is 3.06. The van der Waals surface area contributed by atoms with E-state index in [2.05, 4.69) is 19.8 Å². The van der Waals surface area contributed by atoms with Crippen LogP contribution in [0.2, 0.25) is 5.28 Å². The van der Waals surface area contributed by atoms with E-state index in [4.69, 9.17) is 11.6 Å². The van der Waals surface area contributed by atoms with Gasteiger partial charge in [0, 0.05) is 18.0 Å². The van der Waals surface area contributed by atoms with Gasteiger partial charge < -0.3 is 4.74 Å². The number of aromatic nitrogens is 4. The van der Waals surface area contributed by atoms with Crippen molar-refractivity contribution in [3.63, 3.8) is 0 Å². The lowest BCUT2D eigenvalue weighted by molar-refractivity contribution is 0.0600. The second-order valence-electron chi connectivity index (χ2n) is 3.31. The van der Waals surface area contributed by atoms with Crippen LogP contribution in [0, 0.1) is 6.92 Å². The molecule has 0 N–H and O–H groups in total. The second kappa shape index (κ2) is 4.50. The third kappa shape index (κ3) is 2.26. The van der Waals surface area contributed by atoms with Crippen molar-refractivity contribution in [3.05, 3.63) is 35.0 Å². The van der Waals surface area contributed by atoms with Crippen LogP contribution in [0.25, 0.3) is 5.82 Å². The molecule has 0 unspecified atom stereocenters. The zero-order chi connectivity index (χ0) is 12.4. The third-order valence-electron chi connectivity index (χ3n) is 2.14. The van der Waals surface area contributed by atoms with Gasteiger partial charge in [0.2, 0.25) is 5.28 Å². The highest BCUT2D eigenvalue weighted by molar-refractivity contribution is 6.28. The molecule has 2 heterocycles. The summed E-state index contributed by atoms with van der Waals surface area (Å²) in [6.45, 7) is 1.82. The van der Waals surface area contributed by atoms with Gasteiger partial charge in [-0.25, -0.2) is 14.5 Å². The fourth-order valence-electron chi connectivity index (χ4n) is 1.31. The molecule has 2 rings (SSSR count). The van der Waals surface area contributed by atoms with Crippen molar-refractivity contribution in [2.45, 2.75) is 6.92 Å². The molecule has 2 aromatic heterocycles. The highest BCUT2D eigenvalue weighted by Gasteiger charge is 2.11. The number of rotatable bonds is 2. The van der Waals surface area contributed by atoms with E-state index >= 15 is 0 Å². The maximum absolute atomic E-state index is 11.3. The molecule has 0 fully saturated rings. The van der Waals surface area contributed by atoms with Gasteiger partial charge in [0.15, 0.2) is 5.82 Å². The highest BCUT2D eigenvalue weighted by atomic mass is 35.5. The van der Waals surface area contributed by atoms with Crippen molar-refractivity contribution in [2.24, 2.45) is 0 Å². The van der Waals surface area contributed by atoms with Crippen LogP contribution in [-0.2, 0) is 4.74 Å². The average Bonchev–Trinajstić information content (AvgIpc) is 2.80. The van der Waals surface area contributed by atoms with Gasteiger partial charge in [-0.05, 0) is 18.5 Å². The van der Waals surface area contributed by atoms with Crippen molar-refractivity contribution < 1.29 is 9.53 Å². The summed E-state index contributed by atoms with van der Waals surface area (Å²) in [6.07, 6.45) is 4.52. The molecule has 0 atom stereocenters. The van der Waals surface area contributed by atoms with Crippen LogP contribution in [0.15, 0.2) is 18.6 Å². The summed E-state index contributed by atoms with van der Waals surface area (Å²) >= 11 is 5.71. The van der Waals surface area contributed by atoms with E-state index in [9.17, 15) is 4.79 Å². The molecule has 6 nitrogen and oxygen atoms in total. The molecule has 0 spiro atoms. The fourth-order valence-corrected chi connectivity index (χ4v) is 1.43. The second-order valence-corrected chi connectivity index (χ2v) is 3.65. The minimum Gasteiger partial charge on any atom is -0.465 e. The minimum absolute atomic E-state index is 0.126. The molecule has 0 amide bonds. The molecule has 0 saturated heterocycles. The first kappa shape index (κ1) is 11.5. The van der Waals surface area contributed by atoms with E-state index in [1.807, 2.05) is 6.92 Å². The first-order chi connectivity index (χ1) is 8.11. The molecule has 88 valence electrons. The summed E-state index contributed by atoms with van der Waals surface area (Å²) in [5.41, 5.74) is 1.15. The van der Waals surface area contributed by atoms with Crippen LogP contribution >= 0.6 is 11.6 Å². The molecule has 0 saturated carbocycles. The Morgan fingerprint density at radius 1 is 1.47 bits per heavy atom. The lowest BCUT2D eigenvalue weighted by Crippen LogP contribution is -2.03. The number of carbonyl (C=O) groups excluding carboxylic acids is 1. The fraction of sp³-hybridized carbons (Fsp3) is 0.200. The Morgan fingerprint density at radius 2 is 2.24 bits per heavy atom. The predicted octanol–water partition coefficient (Wildman–Crippen LogP) is 1.41. The quantitative estimate of drug-likeness (QED) is 0.597. The largest absolute Gasteiger partial charge is 0.465 e. The molecule has 0 aliphatic heterocycles. The monoisotopic (exact) mass is 252 g/mol. The molecule has 0 aliphatic rings. The molecular weight excluding hydrogens is 244 g/mol. The van der Waals surface area contributed by atoms with Crippen molar-refractivity contribution in [3.8, 4) is 5.82 Å². The SMILES string of the molecule is COC(=O)c1cnn(-c2nc(Cl)ncc2C)c1. The van der Waals surface area contributed by atoms with Gasteiger partial charge in [-0.2, -0.15) is 10.1 Å². The number of hydrogen-bond donors (Lipinski definition) is 0. The van der Waals surface area contributed by atoms with Gasteiger partial charge in [0.05, 0.1) is 18.9 Å². The van der Waals surface area contributed by atoms with Crippen molar-refractivity contribution in [1.82, 2.24) is 19.7 Å². The topological polar surface area (TPSA) is 69.9 Å².